The number of aliphatic carboxylic acids is 1. The quantitative estimate of drug-likeness (QED) is 0.163. The van der Waals surface area contributed by atoms with Crippen LogP contribution in [0.5, 0.6) is 0 Å². The minimum Gasteiger partial charge on any atom is -0.481 e. The first kappa shape index (κ1) is 20.9. The number of carbonyl (C=O) groups excluding carboxylic acids is 1. The van der Waals surface area contributed by atoms with Crippen LogP contribution in [0.15, 0.2) is 9.98 Å². The van der Waals surface area contributed by atoms with E-state index in [1.165, 1.54) is 4.90 Å². The molecule has 0 aromatic carbocycles. The van der Waals surface area contributed by atoms with Crippen molar-refractivity contribution in [3.05, 3.63) is 0 Å². The van der Waals surface area contributed by atoms with Gasteiger partial charge in [-0.3, -0.25) is 4.79 Å². The maximum atomic E-state index is 11.9. The Morgan fingerprint density at radius 2 is 2.03 bits per heavy atom. The van der Waals surface area contributed by atoms with E-state index in [1.54, 1.807) is 0 Å². The summed E-state index contributed by atoms with van der Waals surface area (Å²) in [6.45, 7) is 0.420. The smallest absolute Gasteiger partial charge is 0.407 e. The number of carboxylic acid groups (broad SMARTS) is 1. The predicted octanol–water partition coefficient (Wildman–Crippen LogP) is -2.58. The molecule has 0 aromatic rings. The zero-order valence-electron chi connectivity index (χ0n) is 15.9. The van der Waals surface area contributed by atoms with E-state index < -0.39 is 35.6 Å². The van der Waals surface area contributed by atoms with Gasteiger partial charge >= 0.3 is 12.1 Å². The van der Waals surface area contributed by atoms with Gasteiger partial charge in [-0.15, -0.1) is 0 Å². The second-order valence-electron chi connectivity index (χ2n) is 7.35. The Morgan fingerprint density at radius 3 is 2.76 bits per heavy atom. The molecule has 1 spiro atoms. The number of hydrogen-bond donors (Lipinski definition) is 7. The largest absolute Gasteiger partial charge is 0.481 e. The molecule has 1 fully saturated rings. The van der Waals surface area contributed by atoms with Crippen LogP contribution in [0.3, 0.4) is 0 Å². The third kappa shape index (κ3) is 3.87. The highest BCUT2D eigenvalue weighted by Crippen LogP contribution is 2.44. The van der Waals surface area contributed by atoms with Crippen molar-refractivity contribution in [2.75, 3.05) is 19.7 Å². The first-order valence-corrected chi connectivity index (χ1v) is 9.47. The molecule has 3 rings (SSSR count). The first-order valence-electron chi connectivity index (χ1n) is 9.47. The fourth-order valence-electron chi connectivity index (χ4n) is 4.04. The van der Waals surface area contributed by atoms with Crippen LogP contribution in [-0.2, 0) is 9.53 Å². The predicted molar refractivity (Wildman–Crippen MR) is 101 cm³/mol. The summed E-state index contributed by atoms with van der Waals surface area (Å²) in [7, 11) is 0. The number of rotatable bonds is 8. The third-order valence-corrected chi connectivity index (χ3v) is 5.41. The lowest BCUT2D eigenvalue weighted by atomic mass is 9.87. The molecular weight excluding hydrogens is 386 g/mol. The molecule has 3 aliphatic heterocycles. The number of nitrogens with zero attached hydrogens (tertiary/aromatic N) is 3. The molecule has 0 saturated carbocycles. The van der Waals surface area contributed by atoms with E-state index in [4.69, 9.17) is 21.3 Å². The van der Waals surface area contributed by atoms with Gasteiger partial charge < -0.3 is 47.1 Å². The van der Waals surface area contributed by atoms with Gasteiger partial charge in [0.15, 0.2) is 17.6 Å². The molecule has 3 aliphatic rings. The summed E-state index contributed by atoms with van der Waals surface area (Å²) in [5.74, 6) is -2.90. The van der Waals surface area contributed by atoms with Crippen molar-refractivity contribution in [3.63, 3.8) is 0 Å². The van der Waals surface area contributed by atoms with Crippen molar-refractivity contribution >= 4 is 24.0 Å². The maximum Gasteiger partial charge on any atom is 0.407 e. The number of nitrogens with two attached hydrogens (primary N) is 2. The number of aliphatic imine (C=N–C) groups is 2. The summed E-state index contributed by atoms with van der Waals surface area (Å²) < 4.78 is 5.20. The highest BCUT2D eigenvalue weighted by Gasteiger charge is 2.69. The Labute approximate surface area is 166 Å². The zero-order chi connectivity index (χ0) is 21.2. The lowest BCUT2D eigenvalue weighted by Gasteiger charge is -2.48. The van der Waals surface area contributed by atoms with E-state index >= 15 is 0 Å². The molecule has 3 heterocycles. The minimum absolute atomic E-state index is 0.0193. The maximum absolute atomic E-state index is 11.9. The Kier molecular flexibility index (Phi) is 5.71. The standard InChI is InChI=1S/C16H27N7O6/c17-12-21-11-9(8-29-14(26)19-6-3-1-2-4-10(24)25)20-13(18)23-7-5-15(27,28)16(11,23)22-12/h9,11,27-28H,1-8H2,(H2,18,20)(H,19,26)(H,24,25)(H3,17,21,22). The van der Waals surface area contributed by atoms with Gasteiger partial charge in [0.1, 0.15) is 18.7 Å². The number of guanidine groups is 2. The van der Waals surface area contributed by atoms with Crippen molar-refractivity contribution in [1.29, 1.82) is 0 Å². The van der Waals surface area contributed by atoms with Crippen LogP contribution in [-0.4, -0.2) is 87.4 Å². The second kappa shape index (κ2) is 7.91. The van der Waals surface area contributed by atoms with E-state index in [9.17, 15) is 19.8 Å². The van der Waals surface area contributed by atoms with Gasteiger partial charge in [-0.05, 0) is 12.8 Å². The van der Waals surface area contributed by atoms with Crippen LogP contribution < -0.4 is 22.1 Å². The number of unbranched alkanes of at least 4 members (excludes halogenated alkanes) is 2. The molecule has 13 heteroatoms. The Bertz CT molecular complexity index is 727. The molecule has 9 N–H and O–H groups in total. The molecule has 0 bridgehead atoms. The lowest BCUT2D eigenvalue weighted by molar-refractivity contribution is -0.221. The number of carboxylic acids is 1. The summed E-state index contributed by atoms with van der Waals surface area (Å²) >= 11 is 0. The highest BCUT2D eigenvalue weighted by molar-refractivity contribution is 5.87. The molecule has 1 saturated heterocycles. The van der Waals surface area contributed by atoms with Crippen LogP contribution in [0.4, 0.5) is 4.79 Å². The van der Waals surface area contributed by atoms with Gasteiger partial charge in [-0.2, -0.15) is 0 Å². The lowest BCUT2D eigenvalue weighted by Crippen LogP contribution is -2.76. The van der Waals surface area contributed by atoms with Crippen molar-refractivity contribution in [2.45, 2.75) is 55.6 Å². The van der Waals surface area contributed by atoms with Gasteiger partial charge in [-0.25, -0.2) is 14.8 Å². The molecule has 3 atom stereocenters. The molecule has 29 heavy (non-hydrogen) atoms. The number of alkyl carbamates (subject to hydrolysis) is 1. The zero-order valence-corrected chi connectivity index (χ0v) is 15.9. The van der Waals surface area contributed by atoms with Gasteiger partial charge in [-0.1, -0.05) is 6.42 Å². The molecule has 13 nitrogen and oxygen atoms in total. The number of nitrogens with one attached hydrogen (secondary N) is 2. The van der Waals surface area contributed by atoms with Crippen molar-refractivity contribution < 1.29 is 29.6 Å². The molecular formula is C16H27N7O6. The van der Waals surface area contributed by atoms with E-state index in [-0.39, 0.29) is 37.9 Å². The molecule has 3 unspecified atom stereocenters. The fourth-order valence-corrected chi connectivity index (χ4v) is 4.04. The summed E-state index contributed by atoms with van der Waals surface area (Å²) in [5, 5.41) is 35.1. The minimum atomic E-state index is -2.15. The van der Waals surface area contributed by atoms with E-state index in [2.05, 4.69) is 20.6 Å². The molecule has 0 aromatic heterocycles. The second-order valence-corrected chi connectivity index (χ2v) is 7.35. The number of hydrogen-bond acceptors (Lipinski definition) is 11. The van der Waals surface area contributed by atoms with Crippen LogP contribution >= 0.6 is 0 Å². The average molecular weight is 413 g/mol. The Hall–Kier alpha value is -2.80. The Morgan fingerprint density at radius 1 is 1.28 bits per heavy atom. The van der Waals surface area contributed by atoms with E-state index in [1.807, 2.05) is 0 Å². The fraction of sp³-hybridized carbons (Fsp3) is 0.750. The monoisotopic (exact) mass is 413 g/mol. The van der Waals surface area contributed by atoms with Crippen LogP contribution in [0.1, 0.15) is 32.1 Å². The third-order valence-electron chi connectivity index (χ3n) is 5.41. The van der Waals surface area contributed by atoms with Crippen molar-refractivity contribution in [1.82, 2.24) is 15.5 Å². The molecule has 0 radical (unpaired) electrons. The van der Waals surface area contributed by atoms with E-state index in [0.717, 1.165) is 0 Å². The molecule has 0 aliphatic carbocycles. The highest BCUT2D eigenvalue weighted by atomic mass is 16.5. The topological polar surface area (TPSA) is 208 Å². The van der Waals surface area contributed by atoms with Crippen molar-refractivity contribution in [3.8, 4) is 0 Å². The molecule has 162 valence electrons. The van der Waals surface area contributed by atoms with Crippen LogP contribution in [0, 0.1) is 0 Å². The first-order chi connectivity index (χ1) is 13.7. The van der Waals surface area contributed by atoms with Gasteiger partial charge in [0, 0.05) is 25.9 Å². The summed E-state index contributed by atoms with van der Waals surface area (Å²) in [6.07, 6.45) is 1.29. The van der Waals surface area contributed by atoms with Gasteiger partial charge in [0.25, 0.3) is 0 Å². The summed E-state index contributed by atoms with van der Waals surface area (Å²) in [4.78, 5) is 32.4. The van der Waals surface area contributed by atoms with Crippen molar-refractivity contribution in [2.24, 2.45) is 21.5 Å². The number of amides is 1. The average Bonchev–Trinajstić information content (AvgIpc) is 3.12. The number of ether oxygens (including phenoxy) is 1. The summed E-state index contributed by atoms with van der Waals surface area (Å²) in [5.41, 5.74) is 10.3. The van der Waals surface area contributed by atoms with E-state index in [0.29, 0.717) is 25.8 Å². The van der Waals surface area contributed by atoms with Crippen LogP contribution in [0.2, 0.25) is 0 Å². The normalized spacial score (nSPS) is 29.2. The van der Waals surface area contributed by atoms with Gasteiger partial charge in [0.05, 0.1) is 0 Å². The Balaban J connectivity index is 1.55. The summed E-state index contributed by atoms with van der Waals surface area (Å²) in [6, 6.07) is -1.56. The van der Waals surface area contributed by atoms with Crippen LogP contribution in [0.25, 0.3) is 0 Å². The number of aliphatic hydroxyl groups is 2. The SMILES string of the molecule is NC1=NC2C(COC(=O)NCCCCCC(=O)O)N=C(N)N3CCC(O)(O)C23N1. The van der Waals surface area contributed by atoms with Gasteiger partial charge in [0.2, 0.25) is 5.79 Å². The molecule has 1 amide bonds. The number of carbonyl (C=O) groups is 2.